The van der Waals surface area contributed by atoms with Crippen molar-refractivity contribution >= 4 is 56.1 Å². The van der Waals surface area contributed by atoms with E-state index in [0.29, 0.717) is 37.7 Å². The van der Waals surface area contributed by atoms with E-state index >= 15 is 0 Å². The Morgan fingerprint density at radius 1 is 0.825 bits per heavy atom. The van der Waals surface area contributed by atoms with Crippen molar-refractivity contribution in [2.45, 2.75) is 122 Å². The van der Waals surface area contributed by atoms with Gasteiger partial charge in [0.25, 0.3) is 20.2 Å². The van der Waals surface area contributed by atoms with Gasteiger partial charge < -0.3 is 19.3 Å². The Kier molecular flexibility index (Phi) is 18.4. The van der Waals surface area contributed by atoms with Gasteiger partial charge in [0, 0.05) is 54.0 Å². The van der Waals surface area contributed by atoms with E-state index < -0.39 is 56.5 Å². The first-order chi connectivity index (χ1) is 29.4. The molecular formula is C44H64F3N3O10PS2+. The van der Waals surface area contributed by atoms with Crippen LogP contribution in [-0.2, 0) is 49.5 Å². The maximum Gasteiger partial charge on any atom is 0.471 e. The van der Waals surface area contributed by atoms with Gasteiger partial charge in [-0.05, 0) is 82.2 Å². The second kappa shape index (κ2) is 22.2. The molecule has 0 radical (unpaired) electrons. The number of allylic oxidation sites excluding steroid dienone is 4. The summed E-state index contributed by atoms with van der Waals surface area (Å²) in [7, 11) is -12.2. The van der Waals surface area contributed by atoms with E-state index in [-0.39, 0.29) is 51.2 Å². The predicted molar refractivity (Wildman–Crippen MR) is 241 cm³/mol. The highest BCUT2D eigenvalue weighted by Crippen LogP contribution is 2.52. The minimum atomic E-state index is -4.99. The number of unbranched alkanes of at least 4 members (excludes halogenated alkanes) is 7. The molecule has 0 saturated heterocycles. The fourth-order valence-electron chi connectivity index (χ4n) is 8.09. The summed E-state index contributed by atoms with van der Waals surface area (Å²) in [5.41, 5.74) is 4.44. The third-order valence-electron chi connectivity index (χ3n) is 11.5. The summed E-state index contributed by atoms with van der Waals surface area (Å²) in [6, 6.07) is 13.3. The van der Waals surface area contributed by atoms with Gasteiger partial charge in [0.05, 0.1) is 35.4 Å². The van der Waals surface area contributed by atoms with Crippen molar-refractivity contribution in [3.63, 3.8) is 0 Å². The van der Waals surface area contributed by atoms with Crippen molar-refractivity contribution in [1.29, 1.82) is 0 Å². The van der Waals surface area contributed by atoms with Crippen LogP contribution in [0.3, 0.4) is 0 Å². The van der Waals surface area contributed by atoms with E-state index in [0.717, 1.165) is 59.6 Å². The number of rotatable bonds is 26. The molecule has 1 unspecified atom stereocenters. The smallest absolute Gasteiger partial charge is 0.348 e. The Labute approximate surface area is 371 Å². The average Bonchev–Trinajstić information content (AvgIpc) is 3.54. The Hall–Kier alpha value is -3.38. The first kappa shape index (κ1) is 52.2. The highest BCUT2D eigenvalue weighted by molar-refractivity contribution is 7.86. The summed E-state index contributed by atoms with van der Waals surface area (Å²) >= 11 is 0. The van der Waals surface area contributed by atoms with E-state index in [9.17, 15) is 48.5 Å². The SMILES string of the molecule is CCCCCCCOP(=O)(OCCCCNC(=O)C(F)(F)F)c1ccc2c(c1)C(C)(C)C(=CC=CC1=[N+](CCCCS(=O)(=O)O)c3ccccc3C1(C)C)N2CCCCS(=O)(=O)O. The summed E-state index contributed by atoms with van der Waals surface area (Å²) in [5, 5.41) is 2.14. The Bertz CT molecular complexity index is 2280. The number of nitrogens with one attached hydrogen (secondary N) is 1. The first-order valence-corrected chi connectivity index (χ1v) is 26.4. The van der Waals surface area contributed by atoms with Crippen LogP contribution >= 0.6 is 7.60 Å². The molecular weight excluding hydrogens is 883 g/mol. The highest BCUT2D eigenvalue weighted by atomic mass is 32.2. The standard InChI is InChI=1S/C44H63F3N3O10PS2/c1-6-7-8-9-15-29-59-61(52,60-30-16-12-26-48-41(51)44(45,46)47)34-24-25-38-36(33-34)43(4,5)40(50(38)28-14-18-32-63(56,57)58)23-19-22-39-42(2,3)35-20-10-11-21-37(35)49(39)27-13-17-31-62(53,54)55/h10-11,19-25,33H,6-9,12-18,26-32H2,1-5H3,(H2-,48,51,53,54,55,56,57,58)/p+1. The van der Waals surface area contributed by atoms with E-state index in [1.54, 1.807) is 12.1 Å². The van der Waals surface area contributed by atoms with Gasteiger partial charge in [-0.3, -0.25) is 18.5 Å². The maximum absolute atomic E-state index is 14.7. The van der Waals surface area contributed by atoms with Crippen molar-refractivity contribution in [1.82, 2.24) is 5.32 Å². The lowest BCUT2D eigenvalue weighted by atomic mass is 9.81. The Morgan fingerprint density at radius 3 is 2.08 bits per heavy atom. The van der Waals surface area contributed by atoms with Crippen molar-refractivity contribution in [2.24, 2.45) is 0 Å². The molecule has 2 aliphatic heterocycles. The van der Waals surface area contributed by atoms with Crippen LogP contribution in [0.25, 0.3) is 0 Å². The van der Waals surface area contributed by atoms with Crippen LogP contribution in [0.2, 0.25) is 0 Å². The van der Waals surface area contributed by atoms with Gasteiger partial charge in [-0.2, -0.15) is 34.6 Å². The number of nitrogens with zero attached hydrogens (tertiary/aromatic N) is 2. The van der Waals surface area contributed by atoms with E-state index in [4.69, 9.17) is 9.05 Å². The topological polar surface area (TPSA) is 180 Å². The number of halogens is 3. The van der Waals surface area contributed by atoms with Crippen LogP contribution in [0, 0.1) is 0 Å². The molecule has 0 bridgehead atoms. The molecule has 2 aromatic rings. The number of benzene rings is 2. The summed E-state index contributed by atoms with van der Waals surface area (Å²) < 4.78 is 132. The third-order valence-corrected chi connectivity index (χ3v) is 15.0. The fraction of sp³-hybridized carbons (Fsp3) is 0.591. The van der Waals surface area contributed by atoms with E-state index in [2.05, 4.69) is 36.3 Å². The molecule has 1 amide bonds. The van der Waals surface area contributed by atoms with Crippen LogP contribution in [0.15, 0.2) is 66.4 Å². The number of anilines is 1. The number of fused-ring (bicyclic) bond motifs is 2. The molecule has 2 aliphatic rings. The minimum absolute atomic E-state index is 0.0953. The van der Waals surface area contributed by atoms with Crippen LogP contribution in [0.4, 0.5) is 24.5 Å². The Morgan fingerprint density at radius 2 is 1.44 bits per heavy atom. The fourth-order valence-corrected chi connectivity index (χ4v) is 10.9. The summed E-state index contributed by atoms with van der Waals surface area (Å²) in [5.74, 6) is -2.76. The van der Waals surface area contributed by atoms with Crippen molar-refractivity contribution in [3.8, 4) is 0 Å². The monoisotopic (exact) mass is 946 g/mol. The van der Waals surface area contributed by atoms with Crippen LogP contribution in [0.1, 0.15) is 116 Å². The molecule has 3 N–H and O–H groups in total. The number of hydrogen-bond donors (Lipinski definition) is 3. The molecule has 2 heterocycles. The van der Waals surface area contributed by atoms with Gasteiger partial charge in [0.1, 0.15) is 6.54 Å². The molecule has 13 nitrogen and oxygen atoms in total. The van der Waals surface area contributed by atoms with Crippen molar-refractivity contribution < 1.29 is 62.1 Å². The van der Waals surface area contributed by atoms with Crippen LogP contribution in [0.5, 0.6) is 0 Å². The molecule has 352 valence electrons. The molecule has 0 spiro atoms. The van der Waals surface area contributed by atoms with Crippen LogP contribution < -0.4 is 15.5 Å². The number of carbonyl (C=O) groups excluding carboxylic acids is 1. The zero-order valence-electron chi connectivity index (χ0n) is 37.0. The zero-order valence-corrected chi connectivity index (χ0v) is 39.5. The van der Waals surface area contributed by atoms with Gasteiger partial charge in [-0.15, -0.1) is 0 Å². The average molecular weight is 947 g/mol. The number of carbonyl (C=O) groups is 1. The molecule has 63 heavy (non-hydrogen) atoms. The second-order valence-corrected chi connectivity index (χ2v) is 22.3. The van der Waals surface area contributed by atoms with Crippen LogP contribution in [-0.4, -0.2) is 92.7 Å². The van der Waals surface area contributed by atoms with Gasteiger partial charge in [-0.1, -0.05) is 70.7 Å². The molecule has 2 aromatic carbocycles. The lowest BCUT2D eigenvalue weighted by Crippen LogP contribution is -2.37. The number of amides is 1. The van der Waals surface area contributed by atoms with Gasteiger partial charge in [0.15, 0.2) is 5.71 Å². The zero-order chi connectivity index (χ0) is 46.7. The van der Waals surface area contributed by atoms with Gasteiger partial charge in [0.2, 0.25) is 5.69 Å². The highest BCUT2D eigenvalue weighted by Gasteiger charge is 2.45. The van der Waals surface area contributed by atoms with Crippen molar-refractivity contribution in [2.75, 3.05) is 49.3 Å². The quantitative estimate of drug-likeness (QED) is 0.0355. The summed E-state index contributed by atoms with van der Waals surface area (Å²) in [6.07, 6.45) is 7.37. The number of alkyl halides is 3. The first-order valence-electron chi connectivity index (χ1n) is 21.6. The normalized spacial score (nSPS) is 17.7. The summed E-state index contributed by atoms with van der Waals surface area (Å²) in [6.45, 7) is 11.1. The molecule has 0 saturated carbocycles. The molecule has 0 aliphatic carbocycles. The minimum Gasteiger partial charge on any atom is -0.348 e. The Balaban J connectivity index is 1.68. The lowest BCUT2D eigenvalue weighted by Gasteiger charge is -2.27. The maximum atomic E-state index is 14.7. The number of para-hydroxylation sites is 1. The van der Waals surface area contributed by atoms with Crippen molar-refractivity contribution in [3.05, 3.63) is 77.5 Å². The predicted octanol–water partition coefficient (Wildman–Crippen LogP) is 8.92. The van der Waals surface area contributed by atoms with E-state index in [1.165, 1.54) is 0 Å². The molecule has 1 atom stereocenters. The second-order valence-electron chi connectivity index (χ2n) is 17.1. The summed E-state index contributed by atoms with van der Waals surface area (Å²) in [4.78, 5) is 13.3. The van der Waals surface area contributed by atoms with E-state index in [1.807, 2.05) is 61.7 Å². The van der Waals surface area contributed by atoms with Gasteiger partial charge in [-0.25, -0.2) is 0 Å². The van der Waals surface area contributed by atoms with Gasteiger partial charge >= 0.3 is 19.7 Å². The molecule has 0 aromatic heterocycles. The molecule has 4 rings (SSSR count). The molecule has 0 fully saturated rings. The lowest BCUT2D eigenvalue weighted by molar-refractivity contribution is -0.438. The number of hydrogen-bond acceptors (Lipinski definition) is 9. The largest absolute Gasteiger partial charge is 0.471 e. The molecule has 19 heteroatoms. The third kappa shape index (κ3) is 14.6.